The number of hydrogen-bond donors (Lipinski definition) is 2. The minimum Gasteiger partial charge on any atom is -0.371 e. The van der Waals surface area contributed by atoms with E-state index in [4.69, 9.17) is 5.73 Å². The number of benzene rings is 1. The summed E-state index contributed by atoms with van der Waals surface area (Å²) in [4.78, 5) is 2.42. The first-order valence-corrected chi connectivity index (χ1v) is 6.07. The Labute approximate surface area is 96.6 Å². The SMILES string of the molecule is CN1c2ccccc2C(N)C2CNCCC21. The summed E-state index contributed by atoms with van der Waals surface area (Å²) in [6, 6.07) is 9.33. The summed E-state index contributed by atoms with van der Waals surface area (Å²) in [5, 5.41) is 3.46. The van der Waals surface area contributed by atoms with Gasteiger partial charge in [-0.1, -0.05) is 18.2 Å². The molecular weight excluding hydrogens is 198 g/mol. The van der Waals surface area contributed by atoms with Crippen LogP contribution in [0.4, 0.5) is 5.69 Å². The lowest BCUT2D eigenvalue weighted by Crippen LogP contribution is -2.55. The topological polar surface area (TPSA) is 41.3 Å². The van der Waals surface area contributed by atoms with Gasteiger partial charge in [-0.05, 0) is 24.6 Å². The molecule has 0 amide bonds. The standard InChI is InChI=1S/C13H19N3/c1-16-11-5-3-2-4-9(11)13(14)10-8-15-7-6-12(10)16/h2-5,10,12-13,15H,6-8,14H2,1H3. The lowest BCUT2D eigenvalue weighted by atomic mass is 9.79. The van der Waals surface area contributed by atoms with Crippen LogP contribution >= 0.6 is 0 Å². The highest BCUT2D eigenvalue weighted by molar-refractivity contribution is 5.58. The van der Waals surface area contributed by atoms with E-state index >= 15 is 0 Å². The summed E-state index contributed by atoms with van der Waals surface area (Å²) in [6.07, 6.45) is 1.20. The highest BCUT2D eigenvalue weighted by Crippen LogP contribution is 2.40. The Morgan fingerprint density at radius 3 is 3.06 bits per heavy atom. The average Bonchev–Trinajstić information content (AvgIpc) is 2.36. The predicted octanol–water partition coefficient (Wildman–Crippen LogP) is 1.11. The zero-order chi connectivity index (χ0) is 11.1. The Morgan fingerprint density at radius 1 is 1.38 bits per heavy atom. The fourth-order valence-corrected chi connectivity index (χ4v) is 3.22. The number of anilines is 1. The second-order valence-corrected chi connectivity index (χ2v) is 4.92. The van der Waals surface area contributed by atoms with Crippen molar-refractivity contribution in [2.75, 3.05) is 25.0 Å². The molecule has 3 N–H and O–H groups in total. The molecule has 1 aromatic carbocycles. The third-order valence-electron chi connectivity index (χ3n) is 4.13. The zero-order valence-electron chi connectivity index (χ0n) is 9.69. The van der Waals surface area contributed by atoms with Gasteiger partial charge in [0.1, 0.15) is 0 Å². The molecule has 0 bridgehead atoms. The number of piperidine rings is 1. The molecule has 2 aliphatic rings. The lowest BCUT2D eigenvalue weighted by Gasteiger charge is -2.47. The summed E-state index contributed by atoms with van der Waals surface area (Å²) in [5.74, 6) is 0.550. The van der Waals surface area contributed by atoms with Crippen LogP contribution in [0, 0.1) is 5.92 Å². The minimum absolute atomic E-state index is 0.185. The van der Waals surface area contributed by atoms with Crippen LogP contribution in [-0.4, -0.2) is 26.2 Å². The average molecular weight is 217 g/mol. The molecule has 1 saturated heterocycles. The van der Waals surface area contributed by atoms with Crippen LogP contribution in [0.1, 0.15) is 18.0 Å². The van der Waals surface area contributed by atoms with Crippen LogP contribution in [0.5, 0.6) is 0 Å². The molecule has 2 aliphatic heterocycles. The molecule has 3 atom stereocenters. The van der Waals surface area contributed by atoms with Crippen molar-refractivity contribution in [3.8, 4) is 0 Å². The van der Waals surface area contributed by atoms with Crippen LogP contribution in [0.3, 0.4) is 0 Å². The minimum atomic E-state index is 0.185. The number of para-hydroxylation sites is 1. The molecule has 3 nitrogen and oxygen atoms in total. The van der Waals surface area contributed by atoms with Gasteiger partial charge in [0, 0.05) is 37.3 Å². The molecule has 86 valence electrons. The van der Waals surface area contributed by atoms with Crippen molar-refractivity contribution >= 4 is 5.69 Å². The molecule has 3 rings (SSSR count). The van der Waals surface area contributed by atoms with Gasteiger partial charge in [-0.3, -0.25) is 0 Å². The first-order chi connectivity index (χ1) is 7.79. The molecule has 0 saturated carbocycles. The Balaban J connectivity index is 2.05. The van der Waals surface area contributed by atoms with E-state index in [2.05, 4.69) is 41.5 Å². The molecule has 0 spiro atoms. The summed E-state index contributed by atoms with van der Waals surface area (Å²) in [5.41, 5.74) is 9.02. The molecule has 1 fully saturated rings. The van der Waals surface area contributed by atoms with Crippen LogP contribution < -0.4 is 16.0 Å². The van der Waals surface area contributed by atoms with E-state index in [1.165, 1.54) is 17.7 Å². The second-order valence-electron chi connectivity index (χ2n) is 4.92. The number of nitrogens with one attached hydrogen (secondary N) is 1. The fourth-order valence-electron chi connectivity index (χ4n) is 3.22. The van der Waals surface area contributed by atoms with Crippen molar-refractivity contribution in [1.29, 1.82) is 0 Å². The fraction of sp³-hybridized carbons (Fsp3) is 0.538. The largest absolute Gasteiger partial charge is 0.371 e. The quantitative estimate of drug-likeness (QED) is 0.684. The maximum absolute atomic E-state index is 6.40. The maximum atomic E-state index is 6.40. The van der Waals surface area contributed by atoms with Crippen molar-refractivity contribution in [2.24, 2.45) is 11.7 Å². The van der Waals surface area contributed by atoms with Gasteiger partial charge >= 0.3 is 0 Å². The molecule has 16 heavy (non-hydrogen) atoms. The number of hydrogen-bond acceptors (Lipinski definition) is 3. The van der Waals surface area contributed by atoms with E-state index in [0.717, 1.165) is 13.1 Å². The predicted molar refractivity (Wildman–Crippen MR) is 66.5 cm³/mol. The third-order valence-corrected chi connectivity index (χ3v) is 4.13. The van der Waals surface area contributed by atoms with Crippen LogP contribution in [0.15, 0.2) is 24.3 Å². The van der Waals surface area contributed by atoms with Gasteiger partial charge in [-0.15, -0.1) is 0 Å². The zero-order valence-corrected chi connectivity index (χ0v) is 9.69. The molecule has 0 aliphatic carbocycles. The van der Waals surface area contributed by atoms with Crippen molar-refractivity contribution in [3.63, 3.8) is 0 Å². The first kappa shape index (κ1) is 10.1. The molecule has 3 heteroatoms. The smallest absolute Gasteiger partial charge is 0.0414 e. The molecule has 3 unspecified atom stereocenters. The second kappa shape index (κ2) is 3.75. The van der Waals surface area contributed by atoms with Gasteiger partial charge in [0.2, 0.25) is 0 Å². The van der Waals surface area contributed by atoms with E-state index < -0.39 is 0 Å². The van der Waals surface area contributed by atoms with Crippen LogP contribution in [0.25, 0.3) is 0 Å². The van der Waals surface area contributed by atoms with Crippen LogP contribution in [-0.2, 0) is 0 Å². The van der Waals surface area contributed by atoms with E-state index in [0.29, 0.717) is 12.0 Å². The van der Waals surface area contributed by atoms with Gasteiger partial charge in [-0.2, -0.15) is 0 Å². The number of fused-ring (bicyclic) bond motifs is 2. The van der Waals surface area contributed by atoms with Gasteiger partial charge in [0.15, 0.2) is 0 Å². The van der Waals surface area contributed by atoms with Gasteiger partial charge < -0.3 is 16.0 Å². The number of rotatable bonds is 0. The van der Waals surface area contributed by atoms with E-state index in [1.807, 2.05) is 0 Å². The van der Waals surface area contributed by atoms with E-state index in [9.17, 15) is 0 Å². The van der Waals surface area contributed by atoms with Crippen molar-refractivity contribution in [3.05, 3.63) is 29.8 Å². The summed E-state index contributed by atoms with van der Waals surface area (Å²) >= 11 is 0. The van der Waals surface area contributed by atoms with Crippen LogP contribution in [0.2, 0.25) is 0 Å². The number of nitrogens with two attached hydrogens (primary N) is 1. The number of nitrogens with zero attached hydrogens (tertiary/aromatic N) is 1. The monoisotopic (exact) mass is 217 g/mol. The highest BCUT2D eigenvalue weighted by atomic mass is 15.2. The maximum Gasteiger partial charge on any atom is 0.0414 e. The third kappa shape index (κ3) is 1.35. The Bertz CT molecular complexity index is 354. The molecule has 1 aromatic rings. The van der Waals surface area contributed by atoms with Crippen molar-refractivity contribution < 1.29 is 0 Å². The van der Waals surface area contributed by atoms with E-state index in [-0.39, 0.29) is 6.04 Å². The van der Waals surface area contributed by atoms with Gasteiger partial charge in [-0.25, -0.2) is 0 Å². The summed E-state index contributed by atoms with van der Waals surface area (Å²) < 4.78 is 0. The van der Waals surface area contributed by atoms with E-state index in [1.54, 1.807) is 0 Å². The van der Waals surface area contributed by atoms with Crippen molar-refractivity contribution in [1.82, 2.24) is 5.32 Å². The Morgan fingerprint density at radius 2 is 2.19 bits per heavy atom. The van der Waals surface area contributed by atoms with Gasteiger partial charge in [0.25, 0.3) is 0 Å². The molecule has 0 aromatic heterocycles. The summed E-state index contributed by atoms with van der Waals surface area (Å²) in [6.45, 7) is 2.16. The Kier molecular flexibility index (Phi) is 2.37. The molecule has 2 heterocycles. The summed E-state index contributed by atoms with van der Waals surface area (Å²) in [7, 11) is 2.20. The normalized spacial score (nSPS) is 33.1. The lowest BCUT2D eigenvalue weighted by molar-refractivity contribution is 0.263. The molecular formula is C13H19N3. The van der Waals surface area contributed by atoms with Gasteiger partial charge in [0.05, 0.1) is 0 Å². The Hall–Kier alpha value is -1.06. The van der Waals surface area contributed by atoms with Crippen molar-refractivity contribution in [2.45, 2.75) is 18.5 Å². The first-order valence-electron chi connectivity index (χ1n) is 6.07. The highest BCUT2D eigenvalue weighted by Gasteiger charge is 2.38. The molecule has 0 radical (unpaired) electrons.